The monoisotopic (exact) mass is 253 g/mol. The Morgan fingerprint density at radius 1 is 1.65 bits per heavy atom. The number of nitrogens with one attached hydrogen (secondary N) is 1. The van der Waals surface area contributed by atoms with Crippen LogP contribution in [-0.2, 0) is 11.3 Å². The van der Waals surface area contributed by atoms with Crippen molar-refractivity contribution >= 4 is 17.2 Å². The largest absolute Gasteiger partial charge is 0.350 e. The first-order valence-corrected chi connectivity index (χ1v) is 6.83. The Balaban J connectivity index is 1.77. The Kier molecular flexibility index (Phi) is 3.79. The highest BCUT2D eigenvalue weighted by molar-refractivity contribution is 7.11. The van der Waals surface area contributed by atoms with Gasteiger partial charge in [0.15, 0.2) is 0 Å². The first kappa shape index (κ1) is 12.5. The maximum atomic E-state index is 11.8. The summed E-state index contributed by atoms with van der Waals surface area (Å²) < 4.78 is 0. The Bertz CT molecular complexity index is 393. The number of nitrogens with two attached hydrogens (primary N) is 1. The number of carbonyl (C=O) groups excluding carboxylic acids is 1. The van der Waals surface area contributed by atoms with Crippen molar-refractivity contribution in [2.45, 2.75) is 39.2 Å². The van der Waals surface area contributed by atoms with Crippen LogP contribution in [0.3, 0.4) is 0 Å². The summed E-state index contributed by atoms with van der Waals surface area (Å²) >= 11 is 1.62. The number of carbonyl (C=O) groups is 1. The molecule has 5 heteroatoms. The van der Waals surface area contributed by atoms with Gasteiger partial charge in [-0.3, -0.25) is 4.79 Å². The van der Waals surface area contributed by atoms with E-state index in [1.807, 2.05) is 13.1 Å². The summed E-state index contributed by atoms with van der Waals surface area (Å²) in [6.45, 7) is 3.18. The number of hydrogen-bond donors (Lipinski definition) is 2. The molecule has 1 heterocycles. The van der Waals surface area contributed by atoms with Gasteiger partial charge >= 0.3 is 0 Å². The molecule has 1 aliphatic carbocycles. The first-order chi connectivity index (χ1) is 8.13. The number of rotatable bonds is 5. The van der Waals surface area contributed by atoms with E-state index < -0.39 is 0 Å². The summed E-state index contributed by atoms with van der Waals surface area (Å²) in [5, 5.41) is 3.89. The smallest absolute Gasteiger partial charge is 0.220 e. The van der Waals surface area contributed by atoms with Gasteiger partial charge in [-0.05, 0) is 31.7 Å². The molecule has 94 valence electrons. The van der Waals surface area contributed by atoms with Crippen molar-refractivity contribution in [3.05, 3.63) is 16.1 Å². The van der Waals surface area contributed by atoms with Gasteiger partial charge in [0.2, 0.25) is 5.91 Å². The molecule has 1 saturated carbocycles. The fourth-order valence-corrected chi connectivity index (χ4v) is 2.92. The second kappa shape index (κ2) is 5.14. The van der Waals surface area contributed by atoms with Crippen LogP contribution < -0.4 is 11.1 Å². The molecule has 17 heavy (non-hydrogen) atoms. The maximum absolute atomic E-state index is 11.8. The van der Waals surface area contributed by atoms with Gasteiger partial charge in [0.25, 0.3) is 0 Å². The second-order valence-electron chi connectivity index (χ2n) is 4.88. The highest BCUT2D eigenvalue weighted by atomic mass is 32.1. The third kappa shape index (κ3) is 3.04. The van der Waals surface area contributed by atoms with Crippen molar-refractivity contribution in [2.24, 2.45) is 11.1 Å². The molecule has 0 saturated heterocycles. The van der Waals surface area contributed by atoms with Gasteiger partial charge in [-0.25, -0.2) is 4.98 Å². The van der Waals surface area contributed by atoms with E-state index in [1.165, 1.54) is 11.3 Å². The molecule has 1 aromatic heterocycles. The van der Waals surface area contributed by atoms with E-state index in [0.29, 0.717) is 19.5 Å². The van der Waals surface area contributed by atoms with Gasteiger partial charge in [0, 0.05) is 17.5 Å². The zero-order valence-electron chi connectivity index (χ0n) is 10.2. The van der Waals surface area contributed by atoms with Crippen molar-refractivity contribution in [2.75, 3.05) is 6.54 Å². The Hall–Kier alpha value is -0.940. The zero-order valence-corrected chi connectivity index (χ0v) is 11.0. The van der Waals surface area contributed by atoms with E-state index in [4.69, 9.17) is 5.73 Å². The lowest BCUT2D eigenvalue weighted by Crippen LogP contribution is -2.41. The molecule has 0 spiro atoms. The van der Waals surface area contributed by atoms with Gasteiger partial charge in [0.05, 0.1) is 6.54 Å². The topological polar surface area (TPSA) is 68.0 Å². The molecule has 0 aliphatic heterocycles. The molecule has 0 atom stereocenters. The quantitative estimate of drug-likeness (QED) is 0.837. The molecule has 0 bridgehead atoms. The second-order valence-corrected chi connectivity index (χ2v) is 6.20. The standard InChI is InChI=1S/C12H19N3OS/c1-9-6-15-11(17-9)7-14-10(16)5-12(8-13)3-2-4-12/h6H,2-5,7-8,13H2,1H3,(H,14,16). The van der Waals surface area contributed by atoms with Crippen LogP contribution in [0.4, 0.5) is 0 Å². The molecule has 2 rings (SSSR count). The molecule has 0 radical (unpaired) electrons. The normalized spacial score (nSPS) is 17.5. The molecule has 1 amide bonds. The average molecular weight is 253 g/mol. The summed E-state index contributed by atoms with van der Waals surface area (Å²) in [6, 6.07) is 0. The summed E-state index contributed by atoms with van der Waals surface area (Å²) in [4.78, 5) is 17.2. The van der Waals surface area contributed by atoms with Crippen molar-refractivity contribution in [3.8, 4) is 0 Å². The minimum absolute atomic E-state index is 0.0862. The number of thiazole rings is 1. The Morgan fingerprint density at radius 2 is 2.41 bits per heavy atom. The molecule has 1 aliphatic rings. The number of aryl methyl sites for hydroxylation is 1. The predicted octanol–water partition coefficient (Wildman–Crippen LogP) is 1.59. The van der Waals surface area contributed by atoms with E-state index >= 15 is 0 Å². The number of nitrogens with zero attached hydrogens (tertiary/aromatic N) is 1. The molecule has 3 N–H and O–H groups in total. The van der Waals surface area contributed by atoms with E-state index in [-0.39, 0.29) is 11.3 Å². The van der Waals surface area contributed by atoms with Crippen LogP contribution >= 0.6 is 11.3 Å². The summed E-state index contributed by atoms with van der Waals surface area (Å²) in [6.07, 6.45) is 5.78. The molecule has 1 aromatic rings. The summed E-state index contributed by atoms with van der Waals surface area (Å²) in [7, 11) is 0. The van der Waals surface area contributed by atoms with Crippen LogP contribution in [0.15, 0.2) is 6.20 Å². The van der Waals surface area contributed by atoms with Gasteiger partial charge < -0.3 is 11.1 Å². The van der Waals surface area contributed by atoms with Crippen LogP contribution in [0.1, 0.15) is 35.6 Å². The number of aromatic nitrogens is 1. The molecule has 4 nitrogen and oxygen atoms in total. The Morgan fingerprint density at radius 3 is 2.88 bits per heavy atom. The third-order valence-corrected chi connectivity index (χ3v) is 4.40. The maximum Gasteiger partial charge on any atom is 0.220 e. The summed E-state index contributed by atoms with van der Waals surface area (Å²) in [5.41, 5.74) is 5.82. The molecule has 0 aromatic carbocycles. The van der Waals surface area contributed by atoms with Crippen LogP contribution in [0.5, 0.6) is 0 Å². The fraction of sp³-hybridized carbons (Fsp3) is 0.667. The molecular formula is C12H19N3OS. The SMILES string of the molecule is Cc1cnc(CNC(=O)CC2(CN)CCC2)s1. The van der Waals surface area contributed by atoms with E-state index in [2.05, 4.69) is 10.3 Å². The van der Waals surface area contributed by atoms with E-state index in [1.54, 1.807) is 11.3 Å². The molecule has 1 fully saturated rings. The average Bonchev–Trinajstić information content (AvgIpc) is 2.67. The van der Waals surface area contributed by atoms with Crippen LogP contribution in [0.2, 0.25) is 0 Å². The minimum Gasteiger partial charge on any atom is -0.350 e. The van der Waals surface area contributed by atoms with Gasteiger partial charge in [0.1, 0.15) is 5.01 Å². The van der Waals surface area contributed by atoms with Crippen molar-refractivity contribution in [3.63, 3.8) is 0 Å². The van der Waals surface area contributed by atoms with Crippen LogP contribution in [0, 0.1) is 12.3 Å². The number of hydrogen-bond acceptors (Lipinski definition) is 4. The Labute approximate surface area is 106 Å². The summed E-state index contributed by atoms with van der Waals surface area (Å²) in [5.74, 6) is 0.100. The minimum atomic E-state index is 0.0862. The predicted molar refractivity (Wildman–Crippen MR) is 68.7 cm³/mol. The van der Waals surface area contributed by atoms with Crippen molar-refractivity contribution < 1.29 is 4.79 Å². The van der Waals surface area contributed by atoms with Crippen LogP contribution in [0.25, 0.3) is 0 Å². The van der Waals surface area contributed by atoms with E-state index in [9.17, 15) is 4.79 Å². The van der Waals surface area contributed by atoms with Gasteiger partial charge in [-0.1, -0.05) is 6.42 Å². The molecule has 0 unspecified atom stereocenters. The highest BCUT2D eigenvalue weighted by Gasteiger charge is 2.37. The lowest BCUT2D eigenvalue weighted by atomic mass is 9.66. The lowest BCUT2D eigenvalue weighted by Gasteiger charge is -2.40. The van der Waals surface area contributed by atoms with Crippen molar-refractivity contribution in [1.82, 2.24) is 10.3 Å². The number of amides is 1. The van der Waals surface area contributed by atoms with Gasteiger partial charge in [-0.15, -0.1) is 11.3 Å². The van der Waals surface area contributed by atoms with Gasteiger partial charge in [-0.2, -0.15) is 0 Å². The highest BCUT2D eigenvalue weighted by Crippen LogP contribution is 2.42. The molecular weight excluding hydrogens is 234 g/mol. The third-order valence-electron chi connectivity index (χ3n) is 3.49. The first-order valence-electron chi connectivity index (χ1n) is 6.02. The van der Waals surface area contributed by atoms with Crippen molar-refractivity contribution in [1.29, 1.82) is 0 Å². The zero-order chi connectivity index (χ0) is 12.3. The van der Waals surface area contributed by atoms with Crippen LogP contribution in [-0.4, -0.2) is 17.4 Å². The van der Waals surface area contributed by atoms with E-state index in [0.717, 1.165) is 17.8 Å². The lowest BCUT2D eigenvalue weighted by molar-refractivity contribution is -0.124. The fourth-order valence-electron chi connectivity index (χ4n) is 2.19.